The molecule has 1 aromatic rings. The zero-order chi connectivity index (χ0) is 14.2. The van der Waals surface area contributed by atoms with E-state index in [1.165, 1.54) is 17.0 Å². The van der Waals surface area contributed by atoms with Gasteiger partial charge in [0.05, 0.1) is 6.61 Å². The van der Waals surface area contributed by atoms with Crippen LogP contribution in [0.15, 0.2) is 12.4 Å². The molecular formula is C8H14N3O7P. The zero-order valence-electron chi connectivity index (χ0n) is 9.60. The molecule has 0 aliphatic carbocycles. The first-order valence-corrected chi connectivity index (χ1v) is 6.82. The fraction of sp³-hybridized carbons (Fsp3) is 0.625. The van der Waals surface area contributed by atoms with Gasteiger partial charge >= 0.3 is 7.82 Å². The highest BCUT2D eigenvalue weighted by molar-refractivity contribution is 7.46. The number of nitrogen functional groups attached to an aromatic ring is 1. The van der Waals surface area contributed by atoms with E-state index in [-0.39, 0.29) is 5.95 Å². The molecule has 0 saturated carbocycles. The van der Waals surface area contributed by atoms with Crippen molar-refractivity contribution in [2.75, 3.05) is 12.3 Å². The Balaban J connectivity index is 2.07. The van der Waals surface area contributed by atoms with Crippen molar-refractivity contribution in [2.45, 2.75) is 24.5 Å². The first-order chi connectivity index (χ1) is 8.79. The minimum atomic E-state index is -4.67. The minimum Gasteiger partial charge on any atom is -0.387 e. The molecule has 0 radical (unpaired) electrons. The maximum absolute atomic E-state index is 10.6. The van der Waals surface area contributed by atoms with Crippen LogP contribution in [0.5, 0.6) is 0 Å². The van der Waals surface area contributed by atoms with Crippen molar-refractivity contribution in [1.29, 1.82) is 0 Å². The Hall–Kier alpha value is -1.00. The van der Waals surface area contributed by atoms with Crippen LogP contribution >= 0.6 is 7.82 Å². The van der Waals surface area contributed by atoms with Crippen LogP contribution in [0.2, 0.25) is 0 Å². The Morgan fingerprint density at radius 1 is 1.47 bits per heavy atom. The molecule has 2 heterocycles. The average Bonchev–Trinajstić information content (AvgIpc) is 2.83. The third kappa shape index (κ3) is 3.12. The molecular weight excluding hydrogens is 281 g/mol. The van der Waals surface area contributed by atoms with E-state index in [0.717, 1.165) is 0 Å². The molecule has 11 heteroatoms. The molecule has 1 aliphatic heterocycles. The van der Waals surface area contributed by atoms with E-state index < -0.39 is 39.0 Å². The van der Waals surface area contributed by atoms with E-state index >= 15 is 0 Å². The lowest BCUT2D eigenvalue weighted by molar-refractivity contribution is -0.0510. The van der Waals surface area contributed by atoms with Gasteiger partial charge in [-0.15, -0.1) is 0 Å². The largest absolute Gasteiger partial charge is 0.469 e. The molecule has 1 fully saturated rings. The topological polar surface area (TPSA) is 160 Å². The Morgan fingerprint density at radius 3 is 2.68 bits per heavy atom. The van der Waals surface area contributed by atoms with Crippen LogP contribution in [0.25, 0.3) is 0 Å². The van der Waals surface area contributed by atoms with Crippen molar-refractivity contribution in [3.8, 4) is 0 Å². The summed E-state index contributed by atoms with van der Waals surface area (Å²) in [5, 5.41) is 19.6. The van der Waals surface area contributed by atoms with Gasteiger partial charge in [-0.3, -0.25) is 9.09 Å². The second kappa shape index (κ2) is 5.17. The molecule has 1 saturated heterocycles. The number of aromatic nitrogens is 2. The predicted octanol–water partition coefficient (Wildman–Crippen LogP) is -1.81. The summed E-state index contributed by atoms with van der Waals surface area (Å²) in [6.07, 6.45) is -1.93. The van der Waals surface area contributed by atoms with E-state index in [2.05, 4.69) is 9.51 Å². The summed E-state index contributed by atoms with van der Waals surface area (Å²) in [7, 11) is -4.67. The van der Waals surface area contributed by atoms with E-state index in [9.17, 15) is 14.8 Å². The second-order valence-corrected chi connectivity index (χ2v) is 5.26. The van der Waals surface area contributed by atoms with E-state index in [1.807, 2.05) is 0 Å². The molecule has 108 valence electrons. The van der Waals surface area contributed by atoms with E-state index in [0.29, 0.717) is 0 Å². The maximum Gasteiger partial charge on any atom is 0.469 e. The maximum atomic E-state index is 10.6. The summed E-state index contributed by atoms with van der Waals surface area (Å²) in [4.78, 5) is 20.9. The standard InChI is InChI=1S/C8H14N3O7P/c9-8-10-1-2-11(8)7-6(13)5(12)4(18-7)3-17-19(14,15)16/h1-2,4-7,12-13H,3H2,(H2,9,10)(H2,14,15,16)/t4-,5-,6-,7?/m1/s1. The fourth-order valence-electron chi connectivity index (χ4n) is 1.81. The van der Waals surface area contributed by atoms with Crippen LogP contribution < -0.4 is 5.73 Å². The molecule has 2 rings (SSSR count). The lowest BCUT2D eigenvalue weighted by Crippen LogP contribution is -2.33. The number of hydrogen-bond acceptors (Lipinski definition) is 7. The number of nitrogens with two attached hydrogens (primary N) is 1. The highest BCUT2D eigenvalue weighted by Crippen LogP contribution is 2.38. The van der Waals surface area contributed by atoms with Crippen LogP contribution in [0.3, 0.4) is 0 Å². The molecule has 19 heavy (non-hydrogen) atoms. The van der Waals surface area contributed by atoms with Gasteiger partial charge < -0.3 is 30.5 Å². The van der Waals surface area contributed by atoms with Crippen LogP contribution in [0, 0.1) is 0 Å². The number of phosphoric acid groups is 1. The van der Waals surface area contributed by atoms with Gasteiger partial charge in [0.1, 0.15) is 18.3 Å². The fourth-order valence-corrected chi connectivity index (χ4v) is 2.15. The van der Waals surface area contributed by atoms with Crippen molar-refractivity contribution >= 4 is 13.8 Å². The molecule has 0 aromatic carbocycles. The first kappa shape index (κ1) is 14.4. The normalized spacial score (nSPS) is 31.8. The summed E-state index contributed by atoms with van der Waals surface area (Å²) in [5.74, 6) is 0.0767. The molecule has 0 bridgehead atoms. The van der Waals surface area contributed by atoms with Gasteiger partial charge in [-0.05, 0) is 0 Å². The average molecular weight is 295 g/mol. The number of aliphatic hydroxyl groups excluding tert-OH is 2. The van der Waals surface area contributed by atoms with Crippen molar-refractivity contribution in [1.82, 2.24) is 9.55 Å². The SMILES string of the molecule is Nc1nccn1C1O[C@H](COP(=O)(O)O)[C@@H](O)[C@H]1O. The smallest absolute Gasteiger partial charge is 0.387 e. The Bertz CT molecular complexity index is 488. The third-order valence-electron chi connectivity index (χ3n) is 2.72. The number of anilines is 1. The first-order valence-electron chi connectivity index (χ1n) is 5.29. The molecule has 10 nitrogen and oxygen atoms in total. The van der Waals surface area contributed by atoms with Crippen LogP contribution in [-0.4, -0.2) is 54.5 Å². The summed E-state index contributed by atoms with van der Waals surface area (Å²) >= 11 is 0. The van der Waals surface area contributed by atoms with Crippen molar-refractivity contribution in [2.24, 2.45) is 0 Å². The van der Waals surface area contributed by atoms with Gasteiger partial charge in [-0.2, -0.15) is 0 Å². The third-order valence-corrected chi connectivity index (χ3v) is 3.20. The van der Waals surface area contributed by atoms with Crippen LogP contribution in [-0.2, 0) is 13.8 Å². The van der Waals surface area contributed by atoms with Crippen LogP contribution in [0.1, 0.15) is 6.23 Å². The highest BCUT2D eigenvalue weighted by Gasteiger charge is 2.44. The summed E-state index contributed by atoms with van der Waals surface area (Å²) in [6, 6.07) is 0. The monoisotopic (exact) mass is 295 g/mol. The van der Waals surface area contributed by atoms with Crippen molar-refractivity contribution in [3.63, 3.8) is 0 Å². The van der Waals surface area contributed by atoms with Gasteiger partial charge in [-0.1, -0.05) is 0 Å². The number of ether oxygens (including phenoxy) is 1. The molecule has 1 unspecified atom stereocenters. The summed E-state index contributed by atoms with van der Waals surface area (Å²) in [5.41, 5.74) is 5.54. The molecule has 1 aliphatic rings. The number of hydrogen-bond donors (Lipinski definition) is 5. The number of aliphatic hydroxyl groups is 2. The number of rotatable bonds is 4. The summed E-state index contributed by atoms with van der Waals surface area (Å²) < 4.78 is 21.4. The van der Waals surface area contributed by atoms with E-state index in [4.69, 9.17) is 20.3 Å². The summed E-state index contributed by atoms with van der Waals surface area (Å²) in [6.45, 7) is -0.562. The van der Waals surface area contributed by atoms with Crippen molar-refractivity contribution in [3.05, 3.63) is 12.4 Å². The zero-order valence-corrected chi connectivity index (χ0v) is 10.5. The lowest BCUT2D eigenvalue weighted by atomic mass is 10.1. The lowest BCUT2D eigenvalue weighted by Gasteiger charge is -2.17. The Morgan fingerprint density at radius 2 is 2.16 bits per heavy atom. The molecule has 4 atom stereocenters. The minimum absolute atomic E-state index is 0.0767. The van der Waals surface area contributed by atoms with E-state index in [1.54, 1.807) is 0 Å². The molecule has 1 aromatic heterocycles. The number of phosphoric ester groups is 1. The quantitative estimate of drug-likeness (QED) is 0.403. The number of nitrogens with zero attached hydrogens (tertiary/aromatic N) is 2. The van der Waals surface area contributed by atoms with Gasteiger partial charge in [0.2, 0.25) is 5.95 Å². The highest BCUT2D eigenvalue weighted by atomic mass is 31.2. The molecule has 6 N–H and O–H groups in total. The molecule has 0 spiro atoms. The van der Waals surface area contributed by atoms with Gasteiger partial charge in [0.25, 0.3) is 0 Å². The molecule has 0 amide bonds. The Labute approximate surface area is 107 Å². The van der Waals surface area contributed by atoms with Gasteiger partial charge in [0.15, 0.2) is 6.23 Å². The predicted molar refractivity (Wildman–Crippen MR) is 60.6 cm³/mol. The Kier molecular flexibility index (Phi) is 3.92. The van der Waals surface area contributed by atoms with Crippen LogP contribution in [0.4, 0.5) is 5.95 Å². The van der Waals surface area contributed by atoms with Gasteiger partial charge in [-0.25, -0.2) is 9.55 Å². The second-order valence-electron chi connectivity index (χ2n) is 4.03. The number of imidazole rings is 1. The van der Waals surface area contributed by atoms with Gasteiger partial charge in [0, 0.05) is 12.4 Å². The van der Waals surface area contributed by atoms with Crippen molar-refractivity contribution < 1.29 is 33.8 Å².